The number of halogens is 2. The second kappa shape index (κ2) is 6.42. The second-order valence-electron chi connectivity index (χ2n) is 4.55. The lowest BCUT2D eigenvalue weighted by Gasteiger charge is -2.09. The first kappa shape index (κ1) is 14.4. The minimum Gasteiger partial charge on any atom is -0.313 e. The molecule has 0 aliphatic heterocycles. The summed E-state index contributed by atoms with van der Waals surface area (Å²) in [5.41, 5.74) is 4.45. The van der Waals surface area contributed by atoms with Crippen LogP contribution in [0.1, 0.15) is 18.1 Å². The average molecular weight is 294 g/mol. The Morgan fingerprint density at radius 3 is 2.32 bits per heavy atom. The van der Waals surface area contributed by atoms with Gasteiger partial charge in [0.2, 0.25) is 0 Å². The Balaban J connectivity index is 2.36. The minimum absolute atomic E-state index is 0.781. The van der Waals surface area contributed by atoms with Gasteiger partial charge in [0, 0.05) is 16.6 Å². The molecule has 1 N–H and O–H groups in total. The highest BCUT2D eigenvalue weighted by Gasteiger charge is 2.05. The Morgan fingerprint density at radius 2 is 1.63 bits per heavy atom. The van der Waals surface area contributed by atoms with Crippen molar-refractivity contribution < 1.29 is 0 Å². The smallest absolute Gasteiger partial charge is 0.0451 e. The molecule has 0 aromatic heterocycles. The zero-order valence-electron chi connectivity index (χ0n) is 11.1. The van der Waals surface area contributed by atoms with Crippen LogP contribution in [0, 0.1) is 6.92 Å². The Hall–Kier alpha value is -1.02. The first-order valence-corrected chi connectivity index (χ1v) is 7.13. The van der Waals surface area contributed by atoms with Crippen molar-refractivity contribution in [1.82, 2.24) is 5.32 Å². The highest BCUT2D eigenvalue weighted by Crippen LogP contribution is 2.28. The van der Waals surface area contributed by atoms with Crippen molar-refractivity contribution in [2.75, 3.05) is 6.54 Å². The Bertz CT molecular complexity index is 579. The lowest BCUT2D eigenvalue weighted by atomic mass is 10.0. The van der Waals surface area contributed by atoms with Crippen LogP contribution < -0.4 is 5.32 Å². The van der Waals surface area contributed by atoms with E-state index in [4.69, 9.17) is 23.2 Å². The van der Waals surface area contributed by atoms with Crippen molar-refractivity contribution in [2.24, 2.45) is 0 Å². The van der Waals surface area contributed by atoms with Gasteiger partial charge in [-0.2, -0.15) is 0 Å². The third-order valence-corrected chi connectivity index (χ3v) is 3.89. The monoisotopic (exact) mass is 293 g/mol. The maximum atomic E-state index is 6.21. The van der Waals surface area contributed by atoms with Crippen LogP contribution in [-0.2, 0) is 6.54 Å². The summed E-state index contributed by atoms with van der Waals surface area (Å²) in [6.45, 7) is 5.79. The summed E-state index contributed by atoms with van der Waals surface area (Å²) in [5.74, 6) is 0. The van der Waals surface area contributed by atoms with E-state index in [0.29, 0.717) is 0 Å². The second-order valence-corrected chi connectivity index (χ2v) is 5.36. The van der Waals surface area contributed by atoms with Crippen molar-refractivity contribution in [3.8, 4) is 11.1 Å². The SMILES string of the molecule is CCNCc1cc(-c2ccc(C)c(Cl)c2)ccc1Cl. The van der Waals surface area contributed by atoms with Crippen LogP contribution in [0.2, 0.25) is 10.0 Å². The molecule has 2 aromatic rings. The molecule has 2 rings (SSSR count). The Morgan fingerprint density at radius 1 is 0.947 bits per heavy atom. The maximum Gasteiger partial charge on any atom is 0.0451 e. The van der Waals surface area contributed by atoms with E-state index >= 15 is 0 Å². The van der Waals surface area contributed by atoms with Crippen LogP contribution in [-0.4, -0.2) is 6.54 Å². The van der Waals surface area contributed by atoms with E-state index in [0.717, 1.165) is 45.4 Å². The van der Waals surface area contributed by atoms with Crippen LogP contribution in [0.5, 0.6) is 0 Å². The number of hydrogen-bond donors (Lipinski definition) is 1. The van der Waals surface area contributed by atoms with E-state index in [-0.39, 0.29) is 0 Å². The Labute approximate surface area is 124 Å². The van der Waals surface area contributed by atoms with Gasteiger partial charge in [-0.15, -0.1) is 0 Å². The van der Waals surface area contributed by atoms with Crippen molar-refractivity contribution in [3.63, 3.8) is 0 Å². The van der Waals surface area contributed by atoms with E-state index < -0.39 is 0 Å². The molecule has 19 heavy (non-hydrogen) atoms. The van der Waals surface area contributed by atoms with Gasteiger partial charge < -0.3 is 5.32 Å². The number of nitrogens with one attached hydrogen (secondary N) is 1. The van der Waals surface area contributed by atoms with Gasteiger partial charge in [-0.25, -0.2) is 0 Å². The molecule has 0 aliphatic rings. The first-order chi connectivity index (χ1) is 9.11. The molecular weight excluding hydrogens is 277 g/mol. The molecule has 0 aliphatic carbocycles. The zero-order valence-corrected chi connectivity index (χ0v) is 12.6. The van der Waals surface area contributed by atoms with Crippen LogP contribution >= 0.6 is 23.2 Å². The molecule has 0 bridgehead atoms. The third-order valence-electron chi connectivity index (χ3n) is 3.12. The average Bonchev–Trinajstić information content (AvgIpc) is 2.41. The lowest BCUT2D eigenvalue weighted by molar-refractivity contribution is 0.727. The molecule has 0 saturated carbocycles. The molecule has 0 spiro atoms. The summed E-state index contributed by atoms with van der Waals surface area (Å²) in [6.07, 6.45) is 0. The fourth-order valence-electron chi connectivity index (χ4n) is 1.92. The largest absolute Gasteiger partial charge is 0.313 e. The normalized spacial score (nSPS) is 10.7. The molecule has 0 amide bonds. The molecule has 0 radical (unpaired) electrons. The fraction of sp³-hybridized carbons (Fsp3) is 0.250. The van der Waals surface area contributed by atoms with Crippen LogP contribution in [0.25, 0.3) is 11.1 Å². The number of benzene rings is 2. The van der Waals surface area contributed by atoms with Crippen molar-refractivity contribution in [1.29, 1.82) is 0 Å². The van der Waals surface area contributed by atoms with Gasteiger partial charge in [0.1, 0.15) is 0 Å². The van der Waals surface area contributed by atoms with Crippen molar-refractivity contribution in [3.05, 3.63) is 57.6 Å². The molecule has 0 saturated heterocycles. The zero-order chi connectivity index (χ0) is 13.8. The van der Waals surface area contributed by atoms with Gasteiger partial charge in [0.25, 0.3) is 0 Å². The predicted molar refractivity (Wildman–Crippen MR) is 84.0 cm³/mol. The van der Waals surface area contributed by atoms with E-state index in [1.54, 1.807) is 0 Å². The molecular formula is C16H17Cl2N. The van der Waals surface area contributed by atoms with Crippen LogP contribution in [0.4, 0.5) is 0 Å². The summed E-state index contributed by atoms with van der Waals surface area (Å²) >= 11 is 12.4. The van der Waals surface area contributed by atoms with Crippen LogP contribution in [0.15, 0.2) is 36.4 Å². The van der Waals surface area contributed by atoms with E-state index in [1.807, 2.05) is 31.2 Å². The predicted octanol–water partition coefficient (Wildman–Crippen LogP) is 5.08. The minimum atomic E-state index is 0.781. The molecule has 1 nitrogen and oxygen atoms in total. The van der Waals surface area contributed by atoms with Crippen LogP contribution in [0.3, 0.4) is 0 Å². The number of rotatable bonds is 4. The standard InChI is InChI=1S/C16H17Cl2N/c1-3-19-10-14-8-12(6-7-15(14)17)13-5-4-11(2)16(18)9-13/h4-9,19H,3,10H2,1-2H3. The first-order valence-electron chi connectivity index (χ1n) is 6.37. The summed E-state index contributed by atoms with van der Waals surface area (Å²) in [6, 6.07) is 12.2. The van der Waals surface area contributed by atoms with Gasteiger partial charge >= 0.3 is 0 Å². The molecule has 0 atom stereocenters. The number of hydrogen-bond acceptors (Lipinski definition) is 1. The highest BCUT2D eigenvalue weighted by molar-refractivity contribution is 6.32. The van der Waals surface area contributed by atoms with Gasteiger partial charge in [0.05, 0.1) is 0 Å². The fourth-order valence-corrected chi connectivity index (χ4v) is 2.29. The molecule has 100 valence electrons. The maximum absolute atomic E-state index is 6.21. The van der Waals surface area contributed by atoms with Crippen molar-refractivity contribution >= 4 is 23.2 Å². The third kappa shape index (κ3) is 3.50. The lowest BCUT2D eigenvalue weighted by Crippen LogP contribution is -2.12. The van der Waals surface area contributed by atoms with E-state index in [1.165, 1.54) is 0 Å². The van der Waals surface area contributed by atoms with Crippen molar-refractivity contribution in [2.45, 2.75) is 20.4 Å². The van der Waals surface area contributed by atoms with E-state index in [9.17, 15) is 0 Å². The molecule has 3 heteroatoms. The quantitative estimate of drug-likeness (QED) is 0.829. The topological polar surface area (TPSA) is 12.0 Å². The van der Waals surface area contributed by atoms with Gasteiger partial charge in [-0.05, 0) is 53.9 Å². The van der Waals surface area contributed by atoms with E-state index in [2.05, 4.69) is 24.4 Å². The molecule has 0 fully saturated rings. The molecule has 0 unspecified atom stereocenters. The molecule has 2 aromatic carbocycles. The summed E-state index contributed by atoms with van der Waals surface area (Å²) < 4.78 is 0. The highest BCUT2D eigenvalue weighted by atomic mass is 35.5. The summed E-state index contributed by atoms with van der Waals surface area (Å²) in [4.78, 5) is 0. The molecule has 0 heterocycles. The van der Waals surface area contributed by atoms with Gasteiger partial charge in [0.15, 0.2) is 0 Å². The summed E-state index contributed by atoms with van der Waals surface area (Å²) in [7, 11) is 0. The van der Waals surface area contributed by atoms with Gasteiger partial charge in [-0.1, -0.05) is 48.3 Å². The number of aryl methyl sites for hydroxylation is 1. The van der Waals surface area contributed by atoms with Gasteiger partial charge in [-0.3, -0.25) is 0 Å². The Kier molecular flexibility index (Phi) is 4.87. The summed E-state index contributed by atoms with van der Waals surface area (Å²) in [5, 5.41) is 4.88.